The van der Waals surface area contributed by atoms with Crippen molar-refractivity contribution in [2.24, 2.45) is 0 Å². The molecule has 0 atom stereocenters. The third-order valence-electron chi connectivity index (χ3n) is 3.11. The molecule has 1 saturated carbocycles. The smallest absolute Gasteiger partial charge is 0.124 e. The molecule has 0 aromatic heterocycles. The molecule has 18 heavy (non-hydrogen) atoms. The largest absolute Gasteiger partial charge is 0.489 e. The van der Waals surface area contributed by atoms with Crippen molar-refractivity contribution in [1.29, 1.82) is 0 Å². The first-order chi connectivity index (χ1) is 8.69. The summed E-state index contributed by atoms with van der Waals surface area (Å²) in [5.74, 6) is 0.905. The molecule has 1 aromatic rings. The molecule has 1 N–H and O–H groups in total. The van der Waals surface area contributed by atoms with E-state index in [0.29, 0.717) is 12.6 Å². The summed E-state index contributed by atoms with van der Waals surface area (Å²) in [7, 11) is 0. The second-order valence-electron chi connectivity index (χ2n) is 4.80. The van der Waals surface area contributed by atoms with Gasteiger partial charge in [-0.15, -0.1) is 0 Å². The number of ether oxygens (including phenoxy) is 1. The molecule has 2 rings (SSSR count). The van der Waals surface area contributed by atoms with E-state index in [1.807, 2.05) is 18.2 Å². The molecular formula is C15H20ClNO. The minimum absolute atomic E-state index is 0.578. The van der Waals surface area contributed by atoms with Crippen molar-refractivity contribution in [3.8, 4) is 5.75 Å². The molecule has 1 fully saturated rings. The van der Waals surface area contributed by atoms with E-state index in [4.69, 9.17) is 16.3 Å². The van der Waals surface area contributed by atoms with Crippen LogP contribution in [-0.4, -0.2) is 12.6 Å². The third-order valence-corrected chi connectivity index (χ3v) is 3.35. The summed E-state index contributed by atoms with van der Waals surface area (Å²) in [5, 5.41) is 4.24. The van der Waals surface area contributed by atoms with E-state index in [9.17, 15) is 0 Å². The molecule has 0 aliphatic heterocycles. The molecule has 1 aromatic carbocycles. The average Bonchev–Trinajstić information content (AvgIpc) is 3.18. The Labute approximate surface area is 114 Å². The monoisotopic (exact) mass is 265 g/mol. The quantitative estimate of drug-likeness (QED) is 0.754. The van der Waals surface area contributed by atoms with Crippen LogP contribution in [0.1, 0.15) is 31.7 Å². The maximum Gasteiger partial charge on any atom is 0.124 e. The summed E-state index contributed by atoms with van der Waals surface area (Å²) >= 11 is 6.04. The number of hydrogen-bond acceptors (Lipinski definition) is 2. The highest BCUT2D eigenvalue weighted by Crippen LogP contribution is 2.25. The Bertz CT molecular complexity index is 427. The molecule has 1 aliphatic rings. The topological polar surface area (TPSA) is 21.3 Å². The normalized spacial score (nSPS) is 14.6. The van der Waals surface area contributed by atoms with Crippen LogP contribution in [0.15, 0.2) is 30.4 Å². The van der Waals surface area contributed by atoms with Gasteiger partial charge in [-0.05, 0) is 43.0 Å². The Morgan fingerprint density at radius 2 is 2.28 bits per heavy atom. The lowest BCUT2D eigenvalue weighted by Gasteiger charge is -2.13. The fraction of sp³-hybridized carbons (Fsp3) is 0.467. The number of rotatable bonds is 7. The molecule has 3 heteroatoms. The van der Waals surface area contributed by atoms with Gasteiger partial charge in [-0.2, -0.15) is 0 Å². The lowest BCUT2D eigenvalue weighted by atomic mass is 10.2. The summed E-state index contributed by atoms with van der Waals surface area (Å²) in [4.78, 5) is 0. The molecule has 0 saturated heterocycles. The highest BCUT2D eigenvalue weighted by atomic mass is 35.5. The van der Waals surface area contributed by atoms with Crippen LogP contribution < -0.4 is 10.1 Å². The first-order valence-corrected chi connectivity index (χ1v) is 6.88. The lowest BCUT2D eigenvalue weighted by molar-refractivity contribution is 0.344. The second-order valence-corrected chi connectivity index (χ2v) is 5.24. The van der Waals surface area contributed by atoms with Crippen LogP contribution in [0.25, 0.3) is 0 Å². The van der Waals surface area contributed by atoms with Crippen molar-refractivity contribution in [1.82, 2.24) is 5.32 Å². The van der Waals surface area contributed by atoms with Crippen molar-refractivity contribution in [2.45, 2.75) is 38.8 Å². The van der Waals surface area contributed by atoms with E-state index < -0.39 is 0 Å². The van der Waals surface area contributed by atoms with E-state index in [1.54, 1.807) is 0 Å². The van der Waals surface area contributed by atoms with Crippen molar-refractivity contribution < 1.29 is 4.74 Å². The van der Waals surface area contributed by atoms with Gasteiger partial charge in [0.2, 0.25) is 0 Å². The minimum atomic E-state index is 0.578. The fourth-order valence-corrected chi connectivity index (χ4v) is 1.85. The van der Waals surface area contributed by atoms with Crippen LogP contribution in [0, 0.1) is 0 Å². The van der Waals surface area contributed by atoms with Crippen molar-refractivity contribution in [3.05, 3.63) is 40.9 Å². The number of hydrogen-bond donors (Lipinski definition) is 1. The molecule has 0 unspecified atom stereocenters. The first kappa shape index (κ1) is 13.4. The maximum absolute atomic E-state index is 6.04. The zero-order valence-electron chi connectivity index (χ0n) is 10.8. The zero-order chi connectivity index (χ0) is 13.0. The lowest BCUT2D eigenvalue weighted by Crippen LogP contribution is -2.16. The third kappa shape index (κ3) is 4.04. The van der Waals surface area contributed by atoms with E-state index >= 15 is 0 Å². The summed E-state index contributed by atoms with van der Waals surface area (Å²) in [5.41, 5.74) is 2.23. The predicted octanol–water partition coefficient (Wildman–Crippen LogP) is 3.94. The fourth-order valence-electron chi connectivity index (χ4n) is 1.65. The van der Waals surface area contributed by atoms with Gasteiger partial charge >= 0.3 is 0 Å². The Morgan fingerprint density at radius 1 is 1.50 bits per heavy atom. The zero-order valence-corrected chi connectivity index (χ0v) is 11.6. The van der Waals surface area contributed by atoms with Gasteiger partial charge in [0.05, 0.1) is 0 Å². The van der Waals surface area contributed by atoms with Crippen LogP contribution in [0.2, 0.25) is 5.02 Å². The van der Waals surface area contributed by atoms with Crippen LogP contribution >= 0.6 is 11.6 Å². The second kappa shape index (κ2) is 6.26. The maximum atomic E-state index is 6.04. The van der Waals surface area contributed by atoms with Gasteiger partial charge in [0.15, 0.2) is 0 Å². The van der Waals surface area contributed by atoms with E-state index in [1.165, 1.54) is 12.8 Å². The van der Waals surface area contributed by atoms with Crippen LogP contribution in [0.4, 0.5) is 0 Å². The van der Waals surface area contributed by atoms with E-state index in [0.717, 1.165) is 34.9 Å². The molecular weight excluding hydrogens is 246 g/mol. The van der Waals surface area contributed by atoms with E-state index in [-0.39, 0.29) is 0 Å². The van der Waals surface area contributed by atoms with Crippen molar-refractivity contribution in [2.75, 3.05) is 6.61 Å². The minimum Gasteiger partial charge on any atom is -0.489 e. The molecule has 1 aliphatic carbocycles. The molecule has 0 heterocycles. The van der Waals surface area contributed by atoms with Gasteiger partial charge < -0.3 is 10.1 Å². The molecule has 98 valence electrons. The highest BCUT2D eigenvalue weighted by molar-refractivity contribution is 6.30. The molecule has 0 radical (unpaired) electrons. The van der Waals surface area contributed by atoms with Gasteiger partial charge in [0.1, 0.15) is 12.4 Å². The van der Waals surface area contributed by atoms with Gasteiger partial charge in [0, 0.05) is 23.2 Å². The number of benzene rings is 1. The van der Waals surface area contributed by atoms with Crippen LogP contribution in [0.3, 0.4) is 0 Å². The van der Waals surface area contributed by atoms with Crippen molar-refractivity contribution >= 4 is 11.6 Å². The average molecular weight is 266 g/mol. The Hall–Kier alpha value is -0.990. The summed E-state index contributed by atoms with van der Waals surface area (Å²) in [6.07, 6.45) is 3.51. The first-order valence-electron chi connectivity index (χ1n) is 6.50. The van der Waals surface area contributed by atoms with Gasteiger partial charge in [0.25, 0.3) is 0 Å². The van der Waals surface area contributed by atoms with Gasteiger partial charge in [-0.3, -0.25) is 0 Å². The Morgan fingerprint density at radius 3 is 2.94 bits per heavy atom. The molecule has 0 spiro atoms. The van der Waals surface area contributed by atoms with Gasteiger partial charge in [-0.25, -0.2) is 0 Å². The number of halogens is 1. The molecule has 0 amide bonds. The predicted molar refractivity (Wildman–Crippen MR) is 76.2 cm³/mol. The standard InChI is InChI=1S/C15H20ClNO/c1-3-11(2)10-18-15-7-4-13(16)8-12(15)9-17-14-5-6-14/h4,7-8,14,17H,2-3,5-6,9-10H2,1H3. The summed E-state index contributed by atoms with van der Waals surface area (Å²) in [6, 6.07) is 6.46. The SMILES string of the molecule is C=C(CC)COc1ccc(Cl)cc1CNC1CC1. The Kier molecular flexibility index (Phi) is 4.67. The molecule has 0 bridgehead atoms. The van der Waals surface area contributed by atoms with Crippen LogP contribution in [-0.2, 0) is 6.54 Å². The summed E-state index contributed by atoms with van der Waals surface area (Å²) in [6.45, 7) is 7.44. The Balaban J connectivity index is 1.99. The van der Waals surface area contributed by atoms with Gasteiger partial charge in [-0.1, -0.05) is 25.1 Å². The molecule has 2 nitrogen and oxygen atoms in total. The van der Waals surface area contributed by atoms with Crippen molar-refractivity contribution in [3.63, 3.8) is 0 Å². The summed E-state index contributed by atoms with van der Waals surface area (Å²) < 4.78 is 5.80. The van der Waals surface area contributed by atoms with E-state index in [2.05, 4.69) is 18.8 Å². The van der Waals surface area contributed by atoms with Crippen LogP contribution in [0.5, 0.6) is 5.75 Å². The number of nitrogens with one attached hydrogen (secondary N) is 1. The highest BCUT2D eigenvalue weighted by Gasteiger charge is 2.20.